The van der Waals surface area contributed by atoms with Gasteiger partial charge in [-0.25, -0.2) is 0 Å². The predicted octanol–water partition coefficient (Wildman–Crippen LogP) is 1.90. The Labute approximate surface area is 108 Å². The van der Waals surface area contributed by atoms with Crippen LogP contribution in [-0.4, -0.2) is 23.7 Å². The summed E-state index contributed by atoms with van der Waals surface area (Å²) in [4.78, 5) is 11.1. The maximum Gasteiger partial charge on any atom is 0.221 e. The molecule has 1 aromatic rings. The molecule has 0 spiro atoms. The van der Waals surface area contributed by atoms with Gasteiger partial charge in [-0.1, -0.05) is 18.2 Å². The molecule has 18 heavy (non-hydrogen) atoms. The predicted molar refractivity (Wildman–Crippen MR) is 73.4 cm³/mol. The van der Waals surface area contributed by atoms with Crippen molar-refractivity contribution in [2.75, 3.05) is 11.9 Å². The second-order valence-electron chi connectivity index (χ2n) is 4.51. The number of aliphatic hydroxyl groups is 1. The van der Waals surface area contributed by atoms with Crippen molar-refractivity contribution >= 4 is 11.6 Å². The normalized spacial score (nSPS) is 12.2. The van der Waals surface area contributed by atoms with E-state index in [1.54, 1.807) is 6.92 Å². The molecule has 4 nitrogen and oxygen atoms in total. The van der Waals surface area contributed by atoms with Crippen molar-refractivity contribution in [1.82, 2.24) is 5.32 Å². The van der Waals surface area contributed by atoms with Crippen LogP contribution in [-0.2, 0) is 11.3 Å². The van der Waals surface area contributed by atoms with E-state index >= 15 is 0 Å². The van der Waals surface area contributed by atoms with Crippen LogP contribution in [0.25, 0.3) is 0 Å². The molecular weight excluding hydrogens is 228 g/mol. The van der Waals surface area contributed by atoms with E-state index in [4.69, 9.17) is 5.11 Å². The van der Waals surface area contributed by atoms with E-state index in [9.17, 15) is 4.79 Å². The lowest BCUT2D eigenvalue weighted by Gasteiger charge is -2.11. The summed E-state index contributed by atoms with van der Waals surface area (Å²) in [5.74, 6) is -0.0587. The standard InChI is InChI=1S/C14H22N2O2/c1-11(17)6-5-9-15-10-13-7-3-4-8-14(13)16-12(2)18/h3-4,7-8,11,15,17H,5-6,9-10H2,1-2H3,(H,16,18). The molecule has 0 radical (unpaired) electrons. The highest BCUT2D eigenvalue weighted by atomic mass is 16.3. The fourth-order valence-corrected chi connectivity index (χ4v) is 1.73. The van der Waals surface area contributed by atoms with E-state index in [2.05, 4.69) is 10.6 Å². The van der Waals surface area contributed by atoms with Crippen molar-refractivity contribution in [3.63, 3.8) is 0 Å². The maximum absolute atomic E-state index is 11.1. The molecule has 0 aliphatic carbocycles. The Balaban J connectivity index is 2.39. The van der Waals surface area contributed by atoms with Crippen LogP contribution in [0.2, 0.25) is 0 Å². The first-order valence-electron chi connectivity index (χ1n) is 6.34. The molecular formula is C14H22N2O2. The summed E-state index contributed by atoms with van der Waals surface area (Å²) < 4.78 is 0. The number of benzene rings is 1. The second kappa shape index (κ2) is 7.84. The third-order valence-electron chi connectivity index (χ3n) is 2.62. The first-order chi connectivity index (χ1) is 8.59. The zero-order chi connectivity index (χ0) is 13.4. The Hall–Kier alpha value is -1.39. The van der Waals surface area contributed by atoms with Gasteiger partial charge in [-0.05, 0) is 37.9 Å². The van der Waals surface area contributed by atoms with E-state index in [0.717, 1.165) is 37.2 Å². The lowest BCUT2D eigenvalue weighted by atomic mass is 10.1. The van der Waals surface area contributed by atoms with Crippen LogP contribution in [0, 0.1) is 0 Å². The molecule has 0 aliphatic heterocycles. The van der Waals surface area contributed by atoms with Crippen LogP contribution in [0.3, 0.4) is 0 Å². The molecule has 1 amide bonds. The maximum atomic E-state index is 11.1. The van der Waals surface area contributed by atoms with Gasteiger partial charge in [0.25, 0.3) is 0 Å². The SMILES string of the molecule is CC(=O)Nc1ccccc1CNCCCC(C)O. The molecule has 0 saturated carbocycles. The molecule has 0 saturated heterocycles. The summed E-state index contributed by atoms with van der Waals surface area (Å²) in [5, 5.41) is 15.3. The van der Waals surface area contributed by atoms with Crippen LogP contribution in [0.4, 0.5) is 5.69 Å². The summed E-state index contributed by atoms with van der Waals surface area (Å²) in [6, 6.07) is 7.75. The van der Waals surface area contributed by atoms with E-state index < -0.39 is 0 Å². The average Bonchev–Trinajstić information content (AvgIpc) is 2.29. The van der Waals surface area contributed by atoms with E-state index in [1.807, 2.05) is 24.3 Å². The monoisotopic (exact) mass is 250 g/mol. The molecule has 0 bridgehead atoms. The summed E-state index contributed by atoms with van der Waals surface area (Å²) >= 11 is 0. The molecule has 1 rings (SSSR count). The number of rotatable bonds is 7. The number of carbonyl (C=O) groups is 1. The van der Waals surface area contributed by atoms with E-state index in [1.165, 1.54) is 6.92 Å². The molecule has 1 atom stereocenters. The third kappa shape index (κ3) is 5.80. The number of carbonyl (C=O) groups excluding carboxylic acids is 1. The highest BCUT2D eigenvalue weighted by Crippen LogP contribution is 2.14. The minimum absolute atomic E-state index is 0.0587. The lowest BCUT2D eigenvalue weighted by Crippen LogP contribution is -2.18. The van der Waals surface area contributed by atoms with Gasteiger partial charge in [-0.15, -0.1) is 0 Å². The number of nitrogens with one attached hydrogen (secondary N) is 2. The Bertz CT molecular complexity index is 378. The van der Waals surface area contributed by atoms with Gasteiger partial charge in [0.1, 0.15) is 0 Å². The number of anilines is 1. The fourth-order valence-electron chi connectivity index (χ4n) is 1.73. The molecule has 0 aliphatic rings. The molecule has 4 heteroatoms. The highest BCUT2D eigenvalue weighted by molar-refractivity contribution is 5.89. The third-order valence-corrected chi connectivity index (χ3v) is 2.62. The van der Waals surface area contributed by atoms with Gasteiger partial charge in [0.05, 0.1) is 6.10 Å². The lowest BCUT2D eigenvalue weighted by molar-refractivity contribution is -0.114. The Morgan fingerprint density at radius 1 is 1.39 bits per heavy atom. The smallest absolute Gasteiger partial charge is 0.221 e. The fraction of sp³-hybridized carbons (Fsp3) is 0.500. The second-order valence-corrected chi connectivity index (χ2v) is 4.51. The molecule has 1 unspecified atom stereocenters. The minimum atomic E-state index is -0.238. The van der Waals surface area contributed by atoms with E-state index in [0.29, 0.717) is 0 Å². The van der Waals surface area contributed by atoms with Gasteiger partial charge in [-0.2, -0.15) is 0 Å². The Kier molecular flexibility index (Phi) is 6.39. The van der Waals surface area contributed by atoms with Gasteiger partial charge >= 0.3 is 0 Å². The minimum Gasteiger partial charge on any atom is -0.393 e. The number of para-hydroxylation sites is 1. The summed E-state index contributed by atoms with van der Waals surface area (Å²) in [6.45, 7) is 4.88. The first-order valence-corrected chi connectivity index (χ1v) is 6.34. The number of hydrogen-bond acceptors (Lipinski definition) is 3. The molecule has 100 valence electrons. The van der Waals surface area contributed by atoms with Crippen LogP contribution in [0.1, 0.15) is 32.3 Å². The zero-order valence-corrected chi connectivity index (χ0v) is 11.1. The molecule has 0 heterocycles. The molecule has 3 N–H and O–H groups in total. The topological polar surface area (TPSA) is 61.4 Å². The van der Waals surface area contributed by atoms with Crippen LogP contribution < -0.4 is 10.6 Å². The quantitative estimate of drug-likeness (QED) is 0.648. The van der Waals surface area contributed by atoms with Crippen molar-refractivity contribution in [2.45, 2.75) is 39.3 Å². The van der Waals surface area contributed by atoms with Crippen molar-refractivity contribution in [2.24, 2.45) is 0 Å². The largest absolute Gasteiger partial charge is 0.393 e. The molecule has 1 aromatic carbocycles. The van der Waals surface area contributed by atoms with Crippen molar-refractivity contribution in [3.8, 4) is 0 Å². The number of aliphatic hydroxyl groups excluding tert-OH is 1. The number of amides is 1. The van der Waals surface area contributed by atoms with Gasteiger partial charge in [0.2, 0.25) is 5.91 Å². The van der Waals surface area contributed by atoms with E-state index in [-0.39, 0.29) is 12.0 Å². The van der Waals surface area contributed by atoms with Crippen LogP contribution in [0.15, 0.2) is 24.3 Å². The number of hydrogen-bond donors (Lipinski definition) is 3. The van der Waals surface area contributed by atoms with Crippen molar-refractivity contribution < 1.29 is 9.90 Å². The molecule has 0 aromatic heterocycles. The first kappa shape index (κ1) is 14.7. The van der Waals surface area contributed by atoms with Gasteiger partial charge in [0.15, 0.2) is 0 Å². The van der Waals surface area contributed by atoms with Crippen molar-refractivity contribution in [1.29, 1.82) is 0 Å². The van der Waals surface area contributed by atoms with Gasteiger partial charge in [0, 0.05) is 19.2 Å². The van der Waals surface area contributed by atoms with Gasteiger partial charge < -0.3 is 15.7 Å². The average molecular weight is 250 g/mol. The summed E-state index contributed by atoms with van der Waals surface area (Å²) in [6.07, 6.45) is 1.51. The van der Waals surface area contributed by atoms with Crippen molar-refractivity contribution in [3.05, 3.63) is 29.8 Å². The van der Waals surface area contributed by atoms with Crippen LogP contribution in [0.5, 0.6) is 0 Å². The summed E-state index contributed by atoms with van der Waals surface area (Å²) in [5.41, 5.74) is 1.93. The Morgan fingerprint density at radius 3 is 2.78 bits per heavy atom. The molecule has 0 fully saturated rings. The Morgan fingerprint density at radius 2 is 2.11 bits per heavy atom. The van der Waals surface area contributed by atoms with Crippen LogP contribution >= 0.6 is 0 Å². The summed E-state index contributed by atoms with van der Waals surface area (Å²) in [7, 11) is 0. The zero-order valence-electron chi connectivity index (χ0n) is 11.1. The van der Waals surface area contributed by atoms with Gasteiger partial charge in [-0.3, -0.25) is 4.79 Å². The highest BCUT2D eigenvalue weighted by Gasteiger charge is 2.02.